The molecule has 0 radical (unpaired) electrons. The Labute approximate surface area is 153 Å². The highest BCUT2D eigenvalue weighted by atomic mass is 19.1. The molecule has 1 aliphatic carbocycles. The maximum atomic E-state index is 13.1. The molecule has 0 spiro atoms. The average molecular weight is 363 g/mol. The van der Waals surface area contributed by atoms with Crippen molar-refractivity contribution in [1.82, 2.24) is 15.1 Å². The molecule has 1 saturated carbocycles. The molecular formula is C19H26FN3O3. The van der Waals surface area contributed by atoms with Crippen LogP contribution in [0.1, 0.15) is 44.2 Å². The van der Waals surface area contributed by atoms with E-state index in [0.29, 0.717) is 13.1 Å². The van der Waals surface area contributed by atoms with Gasteiger partial charge >= 0.3 is 12.0 Å². The molecule has 26 heavy (non-hydrogen) atoms. The summed E-state index contributed by atoms with van der Waals surface area (Å²) in [5.41, 5.74) is 0.962. The number of amides is 2. The number of carboxylic acid groups (broad SMARTS) is 1. The summed E-state index contributed by atoms with van der Waals surface area (Å²) in [6.07, 6.45) is 3.38. The van der Waals surface area contributed by atoms with Crippen LogP contribution in [0.25, 0.3) is 0 Å². The molecule has 2 aliphatic rings. The minimum Gasteiger partial charge on any atom is -0.480 e. The molecular weight excluding hydrogens is 337 g/mol. The molecule has 1 aliphatic heterocycles. The van der Waals surface area contributed by atoms with Gasteiger partial charge in [0.1, 0.15) is 5.82 Å². The Kier molecular flexibility index (Phi) is 5.76. The van der Waals surface area contributed by atoms with Crippen LogP contribution < -0.4 is 5.32 Å². The quantitative estimate of drug-likeness (QED) is 0.815. The number of benzene rings is 1. The summed E-state index contributed by atoms with van der Waals surface area (Å²) in [6, 6.07) is 6.57. The summed E-state index contributed by atoms with van der Waals surface area (Å²) in [6.45, 7) is 3.38. The molecule has 142 valence electrons. The van der Waals surface area contributed by atoms with E-state index in [1.165, 1.54) is 12.1 Å². The first-order chi connectivity index (χ1) is 12.5. The molecule has 2 fully saturated rings. The van der Waals surface area contributed by atoms with Crippen LogP contribution in [0.4, 0.5) is 9.18 Å². The van der Waals surface area contributed by atoms with Crippen molar-refractivity contribution in [2.75, 3.05) is 19.6 Å². The van der Waals surface area contributed by atoms with Gasteiger partial charge in [0.15, 0.2) is 0 Å². The molecule has 1 heterocycles. The van der Waals surface area contributed by atoms with Crippen LogP contribution in [0, 0.1) is 5.82 Å². The number of hydrogen-bond acceptors (Lipinski definition) is 3. The zero-order valence-electron chi connectivity index (χ0n) is 15.0. The van der Waals surface area contributed by atoms with E-state index >= 15 is 0 Å². The SMILES string of the molecule is CCN(CC(=O)O)C1CC(NC(=O)N2CCCC2c2ccc(F)cc2)C1. The first-order valence-electron chi connectivity index (χ1n) is 9.26. The fourth-order valence-electron chi connectivity index (χ4n) is 3.98. The van der Waals surface area contributed by atoms with Crippen LogP contribution in [0.5, 0.6) is 0 Å². The predicted octanol–water partition coefficient (Wildman–Crippen LogP) is 2.61. The van der Waals surface area contributed by atoms with Crippen LogP contribution in [-0.4, -0.2) is 58.6 Å². The van der Waals surface area contributed by atoms with E-state index in [9.17, 15) is 14.0 Å². The Hall–Kier alpha value is -2.15. The van der Waals surface area contributed by atoms with Crippen LogP contribution in [0.3, 0.4) is 0 Å². The van der Waals surface area contributed by atoms with Gasteiger partial charge in [-0.05, 0) is 49.9 Å². The zero-order valence-corrected chi connectivity index (χ0v) is 15.0. The lowest BCUT2D eigenvalue weighted by atomic mass is 9.85. The van der Waals surface area contributed by atoms with Gasteiger partial charge in [0.05, 0.1) is 12.6 Å². The smallest absolute Gasteiger partial charge is 0.318 e. The Bertz CT molecular complexity index is 646. The second-order valence-corrected chi connectivity index (χ2v) is 7.13. The third kappa shape index (κ3) is 4.15. The van der Waals surface area contributed by atoms with Crippen molar-refractivity contribution in [3.05, 3.63) is 35.6 Å². The topological polar surface area (TPSA) is 72.9 Å². The van der Waals surface area contributed by atoms with Crippen molar-refractivity contribution in [3.8, 4) is 0 Å². The van der Waals surface area contributed by atoms with Gasteiger partial charge < -0.3 is 15.3 Å². The average Bonchev–Trinajstić information content (AvgIpc) is 3.06. The second-order valence-electron chi connectivity index (χ2n) is 7.13. The summed E-state index contributed by atoms with van der Waals surface area (Å²) in [7, 11) is 0. The molecule has 2 amide bonds. The molecule has 1 saturated heterocycles. The number of carbonyl (C=O) groups excluding carboxylic acids is 1. The highest BCUT2D eigenvalue weighted by Crippen LogP contribution is 2.33. The van der Waals surface area contributed by atoms with Crippen molar-refractivity contribution >= 4 is 12.0 Å². The highest BCUT2D eigenvalue weighted by molar-refractivity contribution is 5.75. The van der Waals surface area contributed by atoms with Gasteiger partial charge in [-0.25, -0.2) is 9.18 Å². The van der Waals surface area contributed by atoms with Crippen molar-refractivity contribution in [1.29, 1.82) is 0 Å². The number of aliphatic carboxylic acids is 1. The number of carboxylic acids is 1. The number of rotatable bonds is 6. The number of hydrogen-bond donors (Lipinski definition) is 2. The third-order valence-corrected chi connectivity index (χ3v) is 5.47. The Morgan fingerprint density at radius 3 is 2.62 bits per heavy atom. The van der Waals surface area contributed by atoms with Gasteiger partial charge in [-0.1, -0.05) is 19.1 Å². The number of nitrogens with one attached hydrogen (secondary N) is 1. The minimum atomic E-state index is -0.821. The monoisotopic (exact) mass is 363 g/mol. The van der Waals surface area contributed by atoms with Crippen molar-refractivity contribution < 1.29 is 19.1 Å². The zero-order chi connectivity index (χ0) is 18.7. The Morgan fingerprint density at radius 2 is 2.00 bits per heavy atom. The molecule has 0 aromatic heterocycles. The lowest BCUT2D eigenvalue weighted by Gasteiger charge is -2.43. The fourth-order valence-corrected chi connectivity index (χ4v) is 3.98. The fraction of sp³-hybridized carbons (Fsp3) is 0.579. The lowest BCUT2D eigenvalue weighted by molar-refractivity contribution is -0.139. The second kappa shape index (κ2) is 8.03. The molecule has 1 aromatic rings. The minimum absolute atomic E-state index is 0.00868. The van der Waals surface area contributed by atoms with E-state index in [-0.39, 0.29) is 36.5 Å². The van der Waals surface area contributed by atoms with Crippen LogP contribution >= 0.6 is 0 Å². The number of likely N-dealkylation sites (tertiary alicyclic amines) is 1. The molecule has 2 N–H and O–H groups in total. The number of nitrogens with zero attached hydrogens (tertiary/aromatic N) is 2. The molecule has 3 rings (SSSR count). The molecule has 1 atom stereocenters. The highest BCUT2D eigenvalue weighted by Gasteiger charge is 2.37. The van der Waals surface area contributed by atoms with E-state index in [4.69, 9.17) is 5.11 Å². The van der Waals surface area contributed by atoms with Crippen LogP contribution in [-0.2, 0) is 4.79 Å². The summed E-state index contributed by atoms with van der Waals surface area (Å²) in [5.74, 6) is -1.09. The third-order valence-electron chi connectivity index (χ3n) is 5.47. The summed E-state index contributed by atoms with van der Waals surface area (Å²) in [5, 5.41) is 12.0. The van der Waals surface area contributed by atoms with Gasteiger partial charge in [0.2, 0.25) is 0 Å². The summed E-state index contributed by atoms with van der Waals surface area (Å²) >= 11 is 0. The van der Waals surface area contributed by atoms with Crippen molar-refractivity contribution in [3.63, 3.8) is 0 Å². The van der Waals surface area contributed by atoms with E-state index in [2.05, 4.69) is 5.32 Å². The van der Waals surface area contributed by atoms with E-state index in [1.807, 2.05) is 16.7 Å². The first-order valence-corrected chi connectivity index (χ1v) is 9.26. The number of carbonyl (C=O) groups is 2. The van der Waals surface area contributed by atoms with E-state index in [0.717, 1.165) is 31.2 Å². The van der Waals surface area contributed by atoms with E-state index < -0.39 is 5.97 Å². The predicted molar refractivity (Wildman–Crippen MR) is 95.3 cm³/mol. The maximum absolute atomic E-state index is 13.1. The van der Waals surface area contributed by atoms with Gasteiger partial charge in [-0.15, -0.1) is 0 Å². The summed E-state index contributed by atoms with van der Waals surface area (Å²) in [4.78, 5) is 27.3. The van der Waals surface area contributed by atoms with Crippen LogP contribution in [0.2, 0.25) is 0 Å². The Balaban J connectivity index is 1.52. The van der Waals surface area contributed by atoms with Crippen LogP contribution in [0.15, 0.2) is 24.3 Å². The van der Waals surface area contributed by atoms with E-state index in [1.54, 1.807) is 12.1 Å². The largest absolute Gasteiger partial charge is 0.480 e. The molecule has 6 nitrogen and oxygen atoms in total. The van der Waals surface area contributed by atoms with Gasteiger partial charge in [-0.3, -0.25) is 9.69 Å². The normalized spacial score (nSPS) is 25.2. The van der Waals surface area contributed by atoms with Crippen molar-refractivity contribution in [2.45, 2.75) is 50.7 Å². The number of halogens is 1. The molecule has 1 unspecified atom stereocenters. The van der Waals surface area contributed by atoms with Gasteiger partial charge in [0.25, 0.3) is 0 Å². The molecule has 1 aromatic carbocycles. The molecule has 0 bridgehead atoms. The summed E-state index contributed by atoms with van der Waals surface area (Å²) < 4.78 is 13.1. The lowest BCUT2D eigenvalue weighted by Crippen LogP contribution is -2.56. The first kappa shape index (κ1) is 18.6. The molecule has 7 heteroatoms. The number of likely N-dealkylation sites (N-methyl/N-ethyl adjacent to an activating group) is 1. The maximum Gasteiger partial charge on any atom is 0.318 e. The standard InChI is InChI=1S/C19H26FN3O3/c1-2-22(12-18(24)25)16-10-15(11-16)21-19(26)23-9-3-4-17(23)13-5-7-14(20)8-6-13/h5-8,15-17H,2-4,9-12H2,1H3,(H,21,26)(H,24,25). The van der Waals surface area contributed by atoms with Gasteiger partial charge in [0, 0.05) is 18.6 Å². The number of urea groups is 1. The van der Waals surface area contributed by atoms with Crippen molar-refractivity contribution in [2.24, 2.45) is 0 Å². The van der Waals surface area contributed by atoms with Gasteiger partial charge in [-0.2, -0.15) is 0 Å². The Morgan fingerprint density at radius 1 is 1.31 bits per heavy atom.